The third-order valence-corrected chi connectivity index (χ3v) is 6.94. The molecule has 6 rings (SSSR count). The Morgan fingerprint density at radius 2 is 1.39 bits per heavy atom. The first kappa shape index (κ1) is 22.7. The molecule has 5 heteroatoms. The van der Waals surface area contributed by atoms with E-state index in [1.54, 1.807) is 24.5 Å². The highest BCUT2D eigenvalue weighted by Gasteiger charge is 2.20. The number of aromatic nitrogens is 2. The molecule has 38 heavy (non-hydrogen) atoms. The number of rotatable bonds is 3. The molecule has 0 bridgehead atoms. The molecule has 0 saturated carbocycles. The lowest BCUT2D eigenvalue weighted by molar-refractivity contribution is 1.15. The molecule has 0 N–H and O–H groups in total. The van der Waals surface area contributed by atoms with Crippen LogP contribution in [-0.4, -0.2) is 9.55 Å². The number of hydrogen-bond acceptors (Lipinski definition) is 4. The van der Waals surface area contributed by atoms with Crippen LogP contribution in [-0.2, 0) is 0 Å². The molecule has 0 spiro atoms. The Balaban J connectivity index is 1.76. The van der Waals surface area contributed by atoms with Crippen LogP contribution in [0.25, 0.3) is 49.7 Å². The standard InChI is InChI=1S/C33H19N5/c1-21-15-24(19-35)30(23-11-13-37-14-12-23)17-32(21)38-31-8-3-2-5-27(31)29-7-4-6-28(33(29)38)26-10-9-22(18-34)16-25(26)20-36/h2-17H,1H3. The largest absolute Gasteiger partial charge is 0.308 e. The molecule has 2 aromatic heterocycles. The molecule has 4 aromatic carbocycles. The highest BCUT2D eigenvalue weighted by Crippen LogP contribution is 2.40. The summed E-state index contributed by atoms with van der Waals surface area (Å²) in [6, 6.07) is 34.1. The molecule has 0 atom stereocenters. The van der Waals surface area contributed by atoms with Crippen molar-refractivity contribution in [3.05, 3.63) is 120 Å². The summed E-state index contributed by atoms with van der Waals surface area (Å²) in [4.78, 5) is 4.14. The third-order valence-electron chi connectivity index (χ3n) is 6.94. The van der Waals surface area contributed by atoms with E-state index in [1.807, 2.05) is 55.5 Å². The van der Waals surface area contributed by atoms with Crippen molar-refractivity contribution in [3.63, 3.8) is 0 Å². The topological polar surface area (TPSA) is 89.2 Å². The van der Waals surface area contributed by atoms with Crippen molar-refractivity contribution in [1.82, 2.24) is 9.55 Å². The SMILES string of the molecule is Cc1cc(C#N)c(-c2ccncc2)cc1-n1c2ccccc2c2cccc(-c3ccc(C#N)cc3C#N)c21. The molecular formula is C33H19N5. The zero-order valence-corrected chi connectivity index (χ0v) is 20.5. The Bertz CT molecular complexity index is 2010. The number of aryl methyl sites for hydroxylation is 1. The maximum Gasteiger partial charge on any atom is 0.0998 e. The molecule has 0 saturated heterocycles. The van der Waals surface area contributed by atoms with Gasteiger partial charge in [0, 0.05) is 45.5 Å². The van der Waals surface area contributed by atoms with Crippen LogP contribution < -0.4 is 0 Å². The maximum atomic E-state index is 9.96. The van der Waals surface area contributed by atoms with Crippen LogP contribution in [0.4, 0.5) is 0 Å². The second kappa shape index (κ2) is 9.07. The van der Waals surface area contributed by atoms with Gasteiger partial charge in [-0.05, 0) is 60.5 Å². The Morgan fingerprint density at radius 3 is 2.16 bits per heavy atom. The van der Waals surface area contributed by atoms with Crippen molar-refractivity contribution in [2.75, 3.05) is 0 Å². The summed E-state index contributed by atoms with van der Waals surface area (Å²) < 4.78 is 2.22. The maximum absolute atomic E-state index is 9.96. The van der Waals surface area contributed by atoms with E-state index in [4.69, 9.17) is 0 Å². The number of hydrogen-bond donors (Lipinski definition) is 0. The predicted octanol–water partition coefficient (Wildman–Crippen LogP) is 7.44. The number of para-hydroxylation sites is 2. The van der Waals surface area contributed by atoms with Crippen molar-refractivity contribution in [1.29, 1.82) is 15.8 Å². The van der Waals surface area contributed by atoms with E-state index >= 15 is 0 Å². The van der Waals surface area contributed by atoms with Crippen LogP contribution in [0.15, 0.2) is 97.3 Å². The number of fused-ring (bicyclic) bond motifs is 3. The lowest BCUT2D eigenvalue weighted by Crippen LogP contribution is -2.01. The average molecular weight is 486 g/mol. The van der Waals surface area contributed by atoms with Crippen LogP contribution in [0, 0.1) is 40.9 Å². The minimum absolute atomic E-state index is 0.447. The van der Waals surface area contributed by atoms with Gasteiger partial charge in [0.05, 0.1) is 45.9 Å². The molecular weight excluding hydrogens is 466 g/mol. The van der Waals surface area contributed by atoms with E-state index in [9.17, 15) is 15.8 Å². The normalized spacial score (nSPS) is 10.7. The van der Waals surface area contributed by atoms with E-state index < -0.39 is 0 Å². The Hall–Kier alpha value is -5.70. The molecule has 0 aliphatic heterocycles. The number of nitriles is 3. The highest BCUT2D eigenvalue weighted by molar-refractivity contribution is 6.14. The summed E-state index contributed by atoms with van der Waals surface area (Å²) in [6.07, 6.45) is 3.45. The molecule has 176 valence electrons. The Labute approximate surface area is 219 Å². The average Bonchev–Trinajstić information content (AvgIpc) is 3.31. The summed E-state index contributed by atoms with van der Waals surface area (Å²) in [5.41, 5.74) is 8.78. The van der Waals surface area contributed by atoms with Gasteiger partial charge in [-0.1, -0.05) is 42.5 Å². The molecule has 0 aliphatic rings. The van der Waals surface area contributed by atoms with Crippen molar-refractivity contribution < 1.29 is 0 Å². The zero-order valence-electron chi connectivity index (χ0n) is 20.5. The molecule has 0 amide bonds. The smallest absolute Gasteiger partial charge is 0.0998 e. The zero-order chi connectivity index (χ0) is 26.2. The van der Waals surface area contributed by atoms with E-state index in [2.05, 4.69) is 52.0 Å². The van der Waals surface area contributed by atoms with Gasteiger partial charge in [0.25, 0.3) is 0 Å². The highest BCUT2D eigenvalue weighted by atomic mass is 15.0. The van der Waals surface area contributed by atoms with Crippen molar-refractivity contribution in [3.8, 4) is 46.1 Å². The monoisotopic (exact) mass is 485 g/mol. The first-order chi connectivity index (χ1) is 18.6. The van der Waals surface area contributed by atoms with Gasteiger partial charge in [-0.25, -0.2) is 0 Å². The van der Waals surface area contributed by atoms with Gasteiger partial charge < -0.3 is 4.57 Å². The first-order valence-electron chi connectivity index (χ1n) is 12.1. The lowest BCUT2D eigenvalue weighted by Gasteiger charge is -2.17. The second-order valence-electron chi connectivity index (χ2n) is 9.07. The van der Waals surface area contributed by atoms with E-state index in [-0.39, 0.29) is 0 Å². The third kappa shape index (κ3) is 3.49. The van der Waals surface area contributed by atoms with Gasteiger partial charge in [-0.3, -0.25) is 4.98 Å². The van der Waals surface area contributed by atoms with E-state index in [1.165, 1.54) is 0 Å². The second-order valence-corrected chi connectivity index (χ2v) is 9.07. The van der Waals surface area contributed by atoms with Gasteiger partial charge in [0.2, 0.25) is 0 Å². The fourth-order valence-corrected chi connectivity index (χ4v) is 5.23. The van der Waals surface area contributed by atoms with Gasteiger partial charge in [0.1, 0.15) is 0 Å². The Kier molecular flexibility index (Phi) is 5.43. The van der Waals surface area contributed by atoms with Crippen molar-refractivity contribution in [2.24, 2.45) is 0 Å². The lowest BCUT2D eigenvalue weighted by atomic mass is 9.95. The van der Waals surface area contributed by atoms with Crippen LogP contribution in [0.1, 0.15) is 22.3 Å². The van der Waals surface area contributed by atoms with Crippen molar-refractivity contribution in [2.45, 2.75) is 6.92 Å². The quantitative estimate of drug-likeness (QED) is 0.261. The van der Waals surface area contributed by atoms with Crippen LogP contribution in [0.5, 0.6) is 0 Å². The summed E-state index contributed by atoms with van der Waals surface area (Å²) in [5.74, 6) is 0. The number of benzene rings is 4. The van der Waals surface area contributed by atoms with Crippen LogP contribution in [0.3, 0.4) is 0 Å². The molecule has 5 nitrogen and oxygen atoms in total. The van der Waals surface area contributed by atoms with Gasteiger partial charge in [-0.15, -0.1) is 0 Å². The predicted molar refractivity (Wildman–Crippen MR) is 148 cm³/mol. The van der Waals surface area contributed by atoms with Crippen LogP contribution in [0.2, 0.25) is 0 Å². The summed E-state index contributed by atoms with van der Waals surface area (Å²) in [7, 11) is 0. The molecule has 2 heterocycles. The molecule has 6 aromatic rings. The summed E-state index contributed by atoms with van der Waals surface area (Å²) >= 11 is 0. The van der Waals surface area contributed by atoms with Gasteiger partial charge in [-0.2, -0.15) is 15.8 Å². The summed E-state index contributed by atoms with van der Waals surface area (Å²) in [6.45, 7) is 2.01. The van der Waals surface area contributed by atoms with E-state index in [0.29, 0.717) is 16.7 Å². The minimum atomic E-state index is 0.447. The fraction of sp³-hybridized carbons (Fsp3) is 0.0303. The van der Waals surface area contributed by atoms with Crippen LogP contribution >= 0.6 is 0 Å². The van der Waals surface area contributed by atoms with E-state index in [0.717, 1.165) is 55.3 Å². The Morgan fingerprint density at radius 1 is 0.658 bits per heavy atom. The molecule has 0 unspecified atom stereocenters. The number of nitrogens with zero attached hydrogens (tertiary/aromatic N) is 5. The fourth-order valence-electron chi connectivity index (χ4n) is 5.23. The summed E-state index contributed by atoms with van der Waals surface area (Å²) in [5, 5.41) is 31.4. The minimum Gasteiger partial charge on any atom is -0.308 e. The number of pyridine rings is 1. The molecule has 0 aliphatic carbocycles. The first-order valence-corrected chi connectivity index (χ1v) is 12.1. The molecule has 0 radical (unpaired) electrons. The molecule has 0 fully saturated rings. The van der Waals surface area contributed by atoms with Crippen molar-refractivity contribution >= 4 is 21.8 Å². The van der Waals surface area contributed by atoms with Gasteiger partial charge in [0.15, 0.2) is 0 Å². The van der Waals surface area contributed by atoms with Gasteiger partial charge >= 0.3 is 0 Å².